The number of carbonyl (C=O) groups excluding carboxylic acids is 1. The molecule has 4 nitrogen and oxygen atoms in total. The van der Waals surface area contributed by atoms with Crippen molar-refractivity contribution in [2.75, 3.05) is 0 Å². The second kappa shape index (κ2) is 6.96. The van der Waals surface area contributed by atoms with E-state index in [2.05, 4.69) is 58.7 Å². The van der Waals surface area contributed by atoms with Gasteiger partial charge in [0.2, 0.25) is 5.91 Å². The number of thiophene rings is 1. The third-order valence-corrected chi connectivity index (χ3v) is 8.78. The Balaban J connectivity index is 1.27. The predicted molar refractivity (Wildman–Crippen MR) is 121 cm³/mol. The third kappa shape index (κ3) is 2.78. The van der Waals surface area contributed by atoms with Gasteiger partial charge in [0.25, 0.3) is 0 Å². The van der Waals surface area contributed by atoms with E-state index in [-0.39, 0.29) is 12.0 Å². The van der Waals surface area contributed by atoms with Crippen LogP contribution in [0.2, 0.25) is 0 Å². The molecule has 1 unspecified atom stereocenters. The van der Waals surface area contributed by atoms with E-state index >= 15 is 0 Å². The molecule has 1 atom stereocenters. The number of aliphatic hydroxyl groups excluding tert-OH is 1. The zero-order chi connectivity index (χ0) is 20.4. The summed E-state index contributed by atoms with van der Waals surface area (Å²) < 4.78 is 0. The highest BCUT2D eigenvalue weighted by atomic mass is 32.1. The van der Waals surface area contributed by atoms with E-state index in [0.717, 1.165) is 31.2 Å². The second-order valence-electron chi connectivity index (χ2n) is 9.62. The predicted octanol–water partition coefficient (Wildman–Crippen LogP) is 5.15. The van der Waals surface area contributed by atoms with Crippen LogP contribution in [0, 0.1) is 11.8 Å². The normalized spacial score (nSPS) is 30.9. The van der Waals surface area contributed by atoms with Crippen LogP contribution in [0.4, 0.5) is 0 Å². The minimum atomic E-state index is -0.129. The number of carbonyl (C=O) groups is 1. The Bertz CT molecular complexity index is 1060. The minimum Gasteiger partial charge on any atom is -0.393 e. The lowest BCUT2D eigenvalue weighted by atomic mass is 9.62. The highest BCUT2D eigenvalue weighted by Gasteiger charge is 2.52. The molecule has 2 saturated carbocycles. The Morgan fingerprint density at radius 3 is 2.57 bits per heavy atom. The van der Waals surface area contributed by atoms with Gasteiger partial charge in [0.05, 0.1) is 6.10 Å². The Labute approximate surface area is 180 Å². The molecular formula is C25H28N2O2S. The zero-order valence-corrected chi connectivity index (χ0v) is 18.1. The molecule has 2 N–H and O–H groups in total. The number of benzene rings is 1. The summed E-state index contributed by atoms with van der Waals surface area (Å²) >= 11 is 1.76. The van der Waals surface area contributed by atoms with Crippen molar-refractivity contribution in [1.29, 1.82) is 0 Å². The first-order chi connectivity index (χ1) is 14.6. The van der Waals surface area contributed by atoms with Gasteiger partial charge in [-0.2, -0.15) is 0 Å². The van der Waals surface area contributed by atoms with Gasteiger partial charge in [-0.3, -0.25) is 4.79 Å². The van der Waals surface area contributed by atoms with Crippen LogP contribution >= 0.6 is 11.3 Å². The number of H-pyrrole nitrogens is 1. The molecule has 4 bridgehead atoms. The summed E-state index contributed by atoms with van der Waals surface area (Å²) in [6.45, 7) is 2.19. The number of hydrogen-bond acceptors (Lipinski definition) is 3. The molecule has 2 aliphatic heterocycles. The molecule has 30 heavy (non-hydrogen) atoms. The molecule has 2 aromatic heterocycles. The van der Waals surface area contributed by atoms with Gasteiger partial charge in [-0.25, -0.2) is 0 Å². The van der Waals surface area contributed by atoms with E-state index in [9.17, 15) is 9.90 Å². The Morgan fingerprint density at radius 1 is 1.17 bits per heavy atom. The quantitative estimate of drug-likeness (QED) is 0.613. The third-order valence-electron chi connectivity index (χ3n) is 7.87. The summed E-state index contributed by atoms with van der Waals surface area (Å²) in [6, 6.07) is 11.4. The molecule has 2 saturated heterocycles. The smallest absolute Gasteiger partial charge is 0.223 e. The van der Waals surface area contributed by atoms with E-state index in [1.807, 2.05) is 0 Å². The van der Waals surface area contributed by atoms with Crippen molar-refractivity contribution in [1.82, 2.24) is 9.88 Å². The van der Waals surface area contributed by atoms with Gasteiger partial charge < -0.3 is 15.0 Å². The summed E-state index contributed by atoms with van der Waals surface area (Å²) in [5.74, 6) is 1.29. The molecule has 3 aromatic rings. The number of amides is 1. The monoisotopic (exact) mass is 420 g/mol. The van der Waals surface area contributed by atoms with Crippen LogP contribution in [0.1, 0.15) is 50.5 Å². The molecule has 5 heteroatoms. The fraction of sp³-hybridized carbons (Fsp3) is 0.480. The zero-order valence-electron chi connectivity index (χ0n) is 17.3. The van der Waals surface area contributed by atoms with Gasteiger partial charge >= 0.3 is 0 Å². The van der Waals surface area contributed by atoms with Crippen LogP contribution in [0.3, 0.4) is 0 Å². The summed E-state index contributed by atoms with van der Waals surface area (Å²) in [5.41, 5.74) is 3.63. The summed E-state index contributed by atoms with van der Waals surface area (Å²) in [6.07, 6.45) is 6.48. The minimum absolute atomic E-state index is 0.129. The van der Waals surface area contributed by atoms with E-state index < -0.39 is 0 Å². The van der Waals surface area contributed by atoms with E-state index in [1.165, 1.54) is 21.4 Å². The first-order valence-corrected chi connectivity index (χ1v) is 12.1. The van der Waals surface area contributed by atoms with Crippen molar-refractivity contribution < 1.29 is 9.90 Å². The van der Waals surface area contributed by atoms with Gasteiger partial charge in [-0.15, -0.1) is 11.3 Å². The number of rotatable bonds is 4. The number of aromatic nitrogens is 1. The Hall–Kier alpha value is -2.11. The van der Waals surface area contributed by atoms with Crippen LogP contribution in [0.5, 0.6) is 0 Å². The average Bonchev–Trinajstić information content (AvgIpc) is 3.40. The number of aliphatic hydroxyl groups is 1. The number of nitrogens with zero attached hydrogens (tertiary/aromatic N) is 1. The number of aromatic amines is 1. The molecule has 1 aromatic carbocycles. The van der Waals surface area contributed by atoms with Gasteiger partial charge in [-0.1, -0.05) is 25.1 Å². The topological polar surface area (TPSA) is 56.3 Å². The van der Waals surface area contributed by atoms with Crippen molar-refractivity contribution >= 4 is 28.1 Å². The molecule has 2 aliphatic carbocycles. The van der Waals surface area contributed by atoms with Gasteiger partial charge in [0.15, 0.2) is 0 Å². The van der Waals surface area contributed by atoms with Gasteiger partial charge in [-0.05, 0) is 66.5 Å². The highest BCUT2D eigenvalue weighted by molar-refractivity contribution is 7.13. The average molecular weight is 421 g/mol. The van der Waals surface area contributed by atoms with Crippen LogP contribution in [0.15, 0.2) is 41.9 Å². The molecule has 4 aliphatic rings. The maximum absolute atomic E-state index is 13.4. The molecular weight excluding hydrogens is 392 g/mol. The van der Waals surface area contributed by atoms with E-state index in [0.29, 0.717) is 36.2 Å². The Kier molecular flexibility index (Phi) is 4.32. The van der Waals surface area contributed by atoms with Crippen LogP contribution in [-0.2, 0) is 4.79 Å². The maximum atomic E-state index is 13.4. The number of nitrogens with one attached hydrogen (secondary N) is 1. The number of hydrogen-bond donors (Lipinski definition) is 2. The number of piperidine rings is 2. The SMILES string of the molecule is CC(CC(=O)N1C2CC3CC1CC(C2)C3O)c1c[nH]c2cccc(-c3cccs3)c12. The van der Waals surface area contributed by atoms with E-state index in [1.54, 1.807) is 11.3 Å². The van der Waals surface area contributed by atoms with Crippen molar-refractivity contribution in [3.8, 4) is 10.4 Å². The first kappa shape index (κ1) is 18.6. The molecule has 156 valence electrons. The second-order valence-corrected chi connectivity index (χ2v) is 10.6. The summed E-state index contributed by atoms with van der Waals surface area (Å²) in [4.78, 5) is 20.3. The summed E-state index contributed by atoms with van der Waals surface area (Å²) in [7, 11) is 0. The molecule has 7 rings (SSSR count). The van der Waals surface area contributed by atoms with E-state index in [4.69, 9.17) is 0 Å². The van der Waals surface area contributed by atoms with Crippen LogP contribution in [-0.4, -0.2) is 39.1 Å². The van der Waals surface area contributed by atoms with Crippen molar-refractivity contribution in [2.24, 2.45) is 11.8 Å². The maximum Gasteiger partial charge on any atom is 0.223 e. The fourth-order valence-corrected chi connectivity index (χ4v) is 7.36. The fourth-order valence-electron chi connectivity index (χ4n) is 6.60. The van der Waals surface area contributed by atoms with Gasteiger partial charge in [0.1, 0.15) is 0 Å². The molecule has 4 heterocycles. The highest BCUT2D eigenvalue weighted by Crippen LogP contribution is 2.49. The Morgan fingerprint density at radius 2 is 1.90 bits per heavy atom. The largest absolute Gasteiger partial charge is 0.393 e. The molecule has 1 amide bonds. The lowest BCUT2D eigenvalue weighted by molar-refractivity contribution is -0.163. The summed E-state index contributed by atoms with van der Waals surface area (Å²) in [5, 5.41) is 13.8. The van der Waals surface area contributed by atoms with Crippen molar-refractivity contribution in [3.05, 3.63) is 47.5 Å². The first-order valence-electron chi connectivity index (χ1n) is 11.2. The van der Waals surface area contributed by atoms with Crippen LogP contribution in [0.25, 0.3) is 21.3 Å². The number of fused-ring (bicyclic) bond motifs is 1. The van der Waals surface area contributed by atoms with Gasteiger partial charge in [0, 0.05) is 46.0 Å². The molecule has 0 radical (unpaired) electrons. The van der Waals surface area contributed by atoms with Crippen molar-refractivity contribution in [2.45, 2.75) is 63.1 Å². The molecule has 0 spiro atoms. The van der Waals surface area contributed by atoms with Crippen molar-refractivity contribution in [3.63, 3.8) is 0 Å². The molecule has 4 fully saturated rings. The lowest BCUT2D eigenvalue weighted by Crippen LogP contribution is -2.64. The lowest BCUT2D eigenvalue weighted by Gasteiger charge is -2.58. The van der Waals surface area contributed by atoms with Crippen LogP contribution < -0.4 is 0 Å². The standard InChI is InChI=1S/C25H28N2O2S/c1-14(8-23(28)27-17-9-15-10-18(27)12-16(11-17)25(15)29)20-13-26-21-5-2-4-19(24(20)21)22-6-3-7-30-22/h2-7,13-18,25-26,29H,8-12H2,1H3.